The van der Waals surface area contributed by atoms with Crippen LogP contribution in [0.15, 0.2) is 0 Å². The van der Waals surface area contributed by atoms with E-state index in [0.717, 1.165) is 32.2 Å². The maximum atomic E-state index is 12.1. The summed E-state index contributed by atoms with van der Waals surface area (Å²) in [7, 11) is 0. The highest BCUT2D eigenvalue weighted by Crippen LogP contribution is 2.33. The zero-order valence-corrected chi connectivity index (χ0v) is 11.5. The van der Waals surface area contributed by atoms with Gasteiger partial charge in [0.25, 0.3) is 0 Å². The number of carbonyl (C=O) groups excluding carboxylic acids is 2. The van der Waals surface area contributed by atoms with E-state index in [1.54, 1.807) is 6.92 Å². The summed E-state index contributed by atoms with van der Waals surface area (Å²) < 4.78 is 0. The summed E-state index contributed by atoms with van der Waals surface area (Å²) in [6, 6.07) is 0. The fraction of sp³-hybridized carbons (Fsp3) is 0.857. The van der Waals surface area contributed by atoms with Crippen LogP contribution in [0.25, 0.3) is 0 Å². The number of carbonyl (C=O) groups is 2. The predicted molar refractivity (Wildman–Crippen MR) is 68.6 cm³/mol. The second-order valence-electron chi connectivity index (χ2n) is 6.27. The molecule has 98 valence electrons. The Labute approximate surface area is 104 Å². The Morgan fingerprint density at radius 2 is 1.65 bits per heavy atom. The van der Waals surface area contributed by atoms with Gasteiger partial charge < -0.3 is 5.32 Å². The number of hydrogen-bond donors (Lipinski definition) is 1. The minimum atomic E-state index is -0.213. The minimum absolute atomic E-state index is 0.0397. The van der Waals surface area contributed by atoms with Crippen LogP contribution in [0.1, 0.15) is 53.4 Å². The van der Waals surface area contributed by atoms with Crippen LogP contribution < -0.4 is 5.32 Å². The topological polar surface area (TPSA) is 46.2 Å². The van der Waals surface area contributed by atoms with Crippen molar-refractivity contribution in [2.75, 3.05) is 6.54 Å². The van der Waals surface area contributed by atoms with Crippen molar-refractivity contribution in [2.24, 2.45) is 17.3 Å². The van der Waals surface area contributed by atoms with Gasteiger partial charge in [-0.2, -0.15) is 0 Å². The van der Waals surface area contributed by atoms with E-state index in [2.05, 4.69) is 5.32 Å². The molecule has 0 heterocycles. The Kier molecular flexibility index (Phi) is 4.72. The molecule has 0 atom stereocenters. The minimum Gasteiger partial charge on any atom is -0.356 e. The van der Waals surface area contributed by atoms with Crippen molar-refractivity contribution in [3.63, 3.8) is 0 Å². The highest BCUT2D eigenvalue weighted by Gasteiger charge is 2.32. The Bertz CT molecular complexity index is 283. The molecule has 1 saturated carbocycles. The number of nitrogens with one attached hydrogen (secondary N) is 1. The highest BCUT2D eigenvalue weighted by molar-refractivity contribution is 5.86. The highest BCUT2D eigenvalue weighted by atomic mass is 16.1. The lowest BCUT2D eigenvalue weighted by Crippen LogP contribution is -2.34. The summed E-state index contributed by atoms with van der Waals surface area (Å²) in [4.78, 5) is 22.9. The quantitative estimate of drug-likeness (QED) is 0.822. The Hall–Kier alpha value is -0.860. The molecule has 1 N–H and O–H groups in total. The molecule has 0 bridgehead atoms. The average molecular weight is 239 g/mol. The van der Waals surface area contributed by atoms with Gasteiger partial charge in [0.05, 0.1) is 0 Å². The van der Waals surface area contributed by atoms with Gasteiger partial charge in [-0.25, -0.2) is 0 Å². The van der Waals surface area contributed by atoms with Crippen molar-refractivity contribution < 1.29 is 9.59 Å². The standard InChI is InChI=1S/C14H25NO2/c1-10(16)15-9-11-5-7-12(8-6-11)13(17)14(2,3)4/h11-12H,5-9H2,1-4H3,(H,15,16)/t11-,12-. The van der Waals surface area contributed by atoms with Crippen molar-refractivity contribution >= 4 is 11.7 Å². The molecule has 0 aromatic carbocycles. The van der Waals surface area contributed by atoms with Crippen LogP contribution >= 0.6 is 0 Å². The molecule has 0 saturated heterocycles. The Morgan fingerprint density at radius 1 is 1.12 bits per heavy atom. The van der Waals surface area contributed by atoms with Gasteiger partial charge in [0, 0.05) is 24.8 Å². The fourth-order valence-electron chi connectivity index (χ4n) is 2.53. The zero-order chi connectivity index (χ0) is 13.1. The van der Waals surface area contributed by atoms with Crippen molar-refractivity contribution in [2.45, 2.75) is 53.4 Å². The van der Waals surface area contributed by atoms with Crippen LogP contribution in [0.4, 0.5) is 0 Å². The summed E-state index contributed by atoms with van der Waals surface area (Å²) in [5, 5.41) is 2.87. The van der Waals surface area contributed by atoms with Crippen molar-refractivity contribution in [3.05, 3.63) is 0 Å². The van der Waals surface area contributed by atoms with E-state index in [0.29, 0.717) is 11.7 Å². The number of Topliss-reactive ketones (excluding diaryl/α,β-unsaturated/α-hetero) is 1. The molecule has 0 spiro atoms. The van der Waals surface area contributed by atoms with Gasteiger partial charge in [-0.1, -0.05) is 20.8 Å². The number of amides is 1. The number of hydrogen-bond acceptors (Lipinski definition) is 2. The van der Waals surface area contributed by atoms with E-state index in [-0.39, 0.29) is 17.2 Å². The van der Waals surface area contributed by atoms with Gasteiger partial charge in [0.15, 0.2) is 0 Å². The van der Waals surface area contributed by atoms with Gasteiger partial charge in [0.1, 0.15) is 5.78 Å². The predicted octanol–water partition coefficient (Wildman–Crippen LogP) is 2.54. The molecule has 0 unspecified atom stereocenters. The first-order valence-electron chi connectivity index (χ1n) is 6.59. The lowest BCUT2D eigenvalue weighted by molar-refractivity contribution is -0.131. The van der Waals surface area contributed by atoms with E-state index >= 15 is 0 Å². The van der Waals surface area contributed by atoms with Gasteiger partial charge >= 0.3 is 0 Å². The molecule has 0 radical (unpaired) electrons. The molecular weight excluding hydrogens is 214 g/mol. The van der Waals surface area contributed by atoms with E-state index in [1.807, 2.05) is 20.8 Å². The average Bonchev–Trinajstić information content (AvgIpc) is 2.25. The van der Waals surface area contributed by atoms with Crippen LogP contribution in [0.5, 0.6) is 0 Å². The van der Waals surface area contributed by atoms with Gasteiger partial charge in [0.2, 0.25) is 5.91 Å². The van der Waals surface area contributed by atoms with Crippen LogP contribution in [-0.2, 0) is 9.59 Å². The molecule has 1 rings (SSSR count). The first-order chi connectivity index (χ1) is 7.80. The Morgan fingerprint density at radius 3 is 2.06 bits per heavy atom. The second-order valence-corrected chi connectivity index (χ2v) is 6.27. The van der Waals surface area contributed by atoms with Crippen molar-refractivity contribution in [1.82, 2.24) is 5.32 Å². The number of ketones is 1. The van der Waals surface area contributed by atoms with Gasteiger partial charge in [-0.15, -0.1) is 0 Å². The molecule has 0 aromatic heterocycles. The third-order valence-corrected chi connectivity index (χ3v) is 3.60. The molecule has 0 aromatic rings. The summed E-state index contributed by atoms with van der Waals surface area (Å²) in [6.45, 7) is 8.32. The van der Waals surface area contributed by atoms with Crippen molar-refractivity contribution in [1.29, 1.82) is 0 Å². The van der Waals surface area contributed by atoms with Gasteiger partial charge in [-0.3, -0.25) is 9.59 Å². The SMILES string of the molecule is CC(=O)NC[C@H]1CC[C@H](C(=O)C(C)(C)C)CC1. The second kappa shape index (κ2) is 5.65. The van der Waals surface area contributed by atoms with Crippen molar-refractivity contribution in [3.8, 4) is 0 Å². The third kappa shape index (κ3) is 4.49. The smallest absolute Gasteiger partial charge is 0.216 e. The summed E-state index contributed by atoms with van der Waals surface area (Å²) in [5.74, 6) is 1.24. The van der Waals surface area contributed by atoms with E-state index in [4.69, 9.17) is 0 Å². The molecule has 1 aliphatic carbocycles. The lowest BCUT2D eigenvalue weighted by atomic mass is 9.73. The Balaban J connectivity index is 2.36. The van der Waals surface area contributed by atoms with Crippen LogP contribution in [0.2, 0.25) is 0 Å². The van der Waals surface area contributed by atoms with E-state index in [1.165, 1.54) is 0 Å². The first kappa shape index (κ1) is 14.2. The van der Waals surface area contributed by atoms with E-state index in [9.17, 15) is 9.59 Å². The molecular formula is C14H25NO2. The zero-order valence-electron chi connectivity index (χ0n) is 11.5. The lowest BCUT2D eigenvalue weighted by Gasteiger charge is -2.31. The molecule has 1 aliphatic rings. The largest absolute Gasteiger partial charge is 0.356 e. The van der Waals surface area contributed by atoms with Crippen LogP contribution in [0, 0.1) is 17.3 Å². The molecule has 0 aliphatic heterocycles. The molecule has 3 nitrogen and oxygen atoms in total. The van der Waals surface area contributed by atoms with Crippen LogP contribution in [0.3, 0.4) is 0 Å². The van der Waals surface area contributed by atoms with Crippen LogP contribution in [-0.4, -0.2) is 18.2 Å². The van der Waals surface area contributed by atoms with E-state index < -0.39 is 0 Å². The molecule has 1 amide bonds. The summed E-state index contributed by atoms with van der Waals surface area (Å²) >= 11 is 0. The normalized spacial score (nSPS) is 25.4. The molecule has 17 heavy (non-hydrogen) atoms. The summed E-state index contributed by atoms with van der Waals surface area (Å²) in [5.41, 5.74) is -0.213. The first-order valence-corrected chi connectivity index (χ1v) is 6.59. The maximum absolute atomic E-state index is 12.1. The van der Waals surface area contributed by atoms with Gasteiger partial charge in [-0.05, 0) is 31.6 Å². The third-order valence-electron chi connectivity index (χ3n) is 3.60. The molecule has 3 heteroatoms. The number of rotatable bonds is 3. The molecule has 1 fully saturated rings. The monoisotopic (exact) mass is 239 g/mol. The fourth-order valence-corrected chi connectivity index (χ4v) is 2.53. The maximum Gasteiger partial charge on any atom is 0.216 e. The summed E-state index contributed by atoms with van der Waals surface area (Å²) in [6.07, 6.45) is 4.10.